The lowest BCUT2D eigenvalue weighted by molar-refractivity contribution is 0.0776. The van der Waals surface area contributed by atoms with Gasteiger partial charge in [-0.2, -0.15) is 0 Å². The molecule has 2 unspecified atom stereocenters. The zero-order valence-electron chi connectivity index (χ0n) is 12.0. The number of aliphatic hydroxyl groups is 1. The molecule has 0 aliphatic carbocycles. The minimum Gasteiger partial charge on any atom is -0.373 e. The fourth-order valence-electron chi connectivity index (χ4n) is 3.53. The Hall–Kier alpha value is -0.870. The smallest absolute Gasteiger partial charge is 0.131 e. The molecule has 1 fully saturated rings. The van der Waals surface area contributed by atoms with Gasteiger partial charge in [0.05, 0.1) is 11.7 Å². The van der Waals surface area contributed by atoms with Crippen molar-refractivity contribution >= 4 is 0 Å². The number of aliphatic hydroxyl groups excluding tert-OH is 1. The lowest BCUT2D eigenvalue weighted by Crippen LogP contribution is -2.38. The number of rotatable bonds is 2. The highest BCUT2D eigenvalue weighted by atomic mass is 16.3. The molecule has 19 heavy (non-hydrogen) atoms. The van der Waals surface area contributed by atoms with Crippen LogP contribution in [0.3, 0.4) is 0 Å². The number of imidazole rings is 1. The van der Waals surface area contributed by atoms with Crippen molar-refractivity contribution in [2.75, 3.05) is 6.54 Å². The minimum atomic E-state index is -0.360. The molecule has 0 bridgehead atoms. The van der Waals surface area contributed by atoms with Crippen LogP contribution >= 0.6 is 0 Å². The second kappa shape index (κ2) is 5.25. The van der Waals surface area contributed by atoms with E-state index in [1.165, 1.54) is 31.5 Å². The Morgan fingerprint density at radius 1 is 1.26 bits per heavy atom. The van der Waals surface area contributed by atoms with Crippen molar-refractivity contribution < 1.29 is 5.11 Å². The van der Waals surface area contributed by atoms with Gasteiger partial charge in [-0.15, -0.1) is 0 Å². The highest BCUT2D eigenvalue weighted by Crippen LogP contribution is 2.33. The summed E-state index contributed by atoms with van der Waals surface area (Å²) in [7, 11) is 0. The molecule has 0 radical (unpaired) electrons. The van der Waals surface area contributed by atoms with Crippen LogP contribution in [-0.4, -0.2) is 32.1 Å². The highest BCUT2D eigenvalue weighted by molar-refractivity contribution is 5.12. The summed E-state index contributed by atoms with van der Waals surface area (Å²) in [5.41, 5.74) is 1.17. The number of nitrogens with zero attached hydrogens (tertiary/aromatic N) is 3. The van der Waals surface area contributed by atoms with Gasteiger partial charge in [0.2, 0.25) is 0 Å². The fraction of sp³-hybridized carbons (Fsp3) is 0.800. The summed E-state index contributed by atoms with van der Waals surface area (Å²) in [4.78, 5) is 7.38. The molecule has 1 aromatic rings. The third kappa shape index (κ3) is 2.43. The third-order valence-electron chi connectivity index (χ3n) is 4.56. The molecule has 1 aromatic heterocycles. The average molecular weight is 263 g/mol. The van der Waals surface area contributed by atoms with Crippen molar-refractivity contribution in [3.63, 3.8) is 0 Å². The molecule has 0 spiro atoms. The summed E-state index contributed by atoms with van der Waals surface area (Å²) in [6.07, 6.45) is 8.45. The monoisotopic (exact) mass is 263 g/mol. The number of hydrogen-bond donors (Lipinski definition) is 1. The molecule has 2 aliphatic heterocycles. The van der Waals surface area contributed by atoms with Crippen molar-refractivity contribution in [3.05, 3.63) is 17.7 Å². The maximum atomic E-state index is 10.1. The third-order valence-corrected chi connectivity index (χ3v) is 4.56. The van der Waals surface area contributed by atoms with Gasteiger partial charge in [-0.3, -0.25) is 4.90 Å². The van der Waals surface area contributed by atoms with E-state index in [4.69, 9.17) is 4.98 Å². The van der Waals surface area contributed by atoms with Crippen LogP contribution in [0, 0.1) is 0 Å². The molecule has 0 amide bonds. The van der Waals surface area contributed by atoms with Crippen LogP contribution in [0.25, 0.3) is 0 Å². The SMILES string of the molecule is CC(C)N1CCCCC1c1cn2c(n1)CCCC2O. The van der Waals surface area contributed by atoms with Crippen LogP contribution in [0.1, 0.15) is 69.7 Å². The first kappa shape index (κ1) is 13.1. The van der Waals surface area contributed by atoms with E-state index in [1.54, 1.807) is 0 Å². The van der Waals surface area contributed by atoms with Gasteiger partial charge in [-0.25, -0.2) is 4.98 Å². The summed E-state index contributed by atoms with van der Waals surface area (Å²) in [5.74, 6) is 1.07. The van der Waals surface area contributed by atoms with E-state index in [-0.39, 0.29) is 6.23 Å². The lowest BCUT2D eigenvalue weighted by Gasteiger charge is -2.37. The van der Waals surface area contributed by atoms with Gasteiger partial charge in [0.25, 0.3) is 0 Å². The molecule has 2 aliphatic rings. The number of aromatic nitrogens is 2. The molecule has 4 heteroatoms. The Morgan fingerprint density at radius 2 is 2.11 bits per heavy atom. The van der Waals surface area contributed by atoms with Gasteiger partial charge in [0, 0.05) is 18.7 Å². The first-order chi connectivity index (χ1) is 9.16. The van der Waals surface area contributed by atoms with E-state index in [2.05, 4.69) is 24.9 Å². The molecule has 3 heterocycles. The van der Waals surface area contributed by atoms with Crippen LogP contribution in [-0.2, 0) is 6.42 Å². The number of fused-ring (bicyclic) bond motifs is 1. The van der Waals surface area contributed by atoms with Crippen molar-refractivity contribution in [3.8, 4) is 0 Å². The van der Waals surface area contributed by atoms with Crippen molar-refractivity contribution in [1.29, 1.82) is 0 Å². The Kier molecular flexibility index (Phi) is 3.63. The fourth-order valence-corrected chi connectivity index (χ4v) is 3.53. The predicted octanol–water partition coefficient (Wildman–Crippen LogP) is 2.65. The van der Waals surface area contributed by atoms with E-state index in [0.717, 1.165) is 25.1 Å². The van der Waals surface area contributed by atoms with E-state index < -0.39 is 0 Å². The molecule has 106 valence electrons. The van der Waals surface area contributed by atoms with Crippen LogP contribution in [0.4, 0.5) is 0 Å². The van der Waals surface area contributed by atoms with Gasteiger partial charge in [-0.1, -0.05) is 6.42 Å². The Bertz CT molecular complexity index is 441. The molecule has 1 saturated heterocycles. The second-order valence-corrected chi connectivity index (χ2v) is 6.21. The Morgan fingerprint density at radius 3 is 2.84 bits per heavy atom. The standard InChI is InChI=1S/C15H25N3O/c1-11(2)17-9-4-3-6-13(17)12-10-18-14(16-12)7-5-8-15(18)19/h10-11,13,15,19H,3-9H2,1-2H3. The molecule has 0 aromatic carbocycles. The number of piperidine rings is 1. The quantitative estimate of drug-likeness (QED) is 0.892. The summed E-state index contributed by atoms with van der Waals surface area (Å²) < 4.78 is 1.99. The largest absolute Gasteiger partial charge is 0.373 e. The topological polar surface area (TPSA) is 41.3 Å². The predicted molar refractivity (Wildman–Crippen MR) is 74.9 cm³/mol. The summed E-state index contributed by atoms with van der Waals surface area (Å²) in [6, 6.07) is 1.01. The zero-order chi connectivity index (χ0) is 13.4. The van der Waals surface area contributed by atoms with Crippen molar-refractivity contribution in [2.45, 2.75) is 70.7 Å². The van der Waals surface area contributed by atoms with Gasteiger partial charge < -0.3 is 9.67 Å². The van der Waals surface area contributed by atoms with Crippen molar-refractivity contribution in [1.82, 2.24) is 14.5 Å². The normalized spacial score (nSPS) is 28.6. The van der Waals surface area contributed by atoms with Gasteiger partial charge in [0.1, 0.15) is 12.1 Å². The Labute approximate surface area is 115 Å². The first-order valence-electron chi connectivity index (χ1n) is 7.68. The van der Waals surface area contributed by atoms with E-state index in [9.17, 15) is 5.11 Å². The van der Waals surface area contributed by atoms with Crippen LogP contribution in [0.5, 0.6) is 0 Å². The maximum absolute atomic E-state index is 10.1. The Balaban J connectivity index is 1.88. The van der Waals surface area contributed by atoms with Crippen LogP contribution in [0.15, 0.2) is 6.20 Å². The highest BCUT2D eigenvalue weighted by Gasteiger charge is 2.29. The number of likely N-dealkylation sites (tertiary alicyclic amines) is 1. The van der Waals surface area contributed by atoms with E-state index in [1.807, 2.05) is 4.57 Å². The van der Waals surface area contributed by atoms with Gasteiger partial charge >= 0.3 is 0 Å². The minimum absolute atomic E-state index is 0.360. The molecular formula is C15H25N3O. The van der Waals surface area contributed by atoms with E-state index in [0.29, 0.717) is 12.1 Å². The van der Waals surface area contributed by atoms with Crippen molar-refractivity contribution in [2.24, 2.45) is 0 Å². The summed E-state index contributed by atoms with van der Waals surface area (Å²) in [5, 5.41) is 10.1. The summed E-state index contributed by atoms with van der Waals surface area (Å²) >= 11 is 0. The average Bonchev–Trinajstić information content (AvgIpc) is 2.84. The number of hydrogen-bond acceptors (Lipinski definition) is 3. The zero-order valence-corrected chi connectivity index (χ0v) is 12.0. The molecule has 4 nitrogen and oxygen atoms in total. The molecular weight excluding hydrogens is 238 g/mol. The summed E-state index contributed by atoms with van der Waals surface area (Å²) in [6.45, 7) is 5.71. The molecule has 3 rings (SSSR count). The molecule has 2 atom stereocenters. The van der Waals surface area contributed by atoms with Gasteiger partial charge in [0.15, 0.2) is 0 Å². The second-order valence-electron chi connectivity index (χ2n) is 6.21. The van der Waals surface area contributed by atoms with E-state index >= 15 is 0 Å². The first-order valence-corrected chi connectivity index (χ1v) is 7.68. The maximum Gasteiger partial charge on any atom is 0.131 e. The molecule has 1 N–H and O–H groups in total. The van der Waals surface area contributed by atoms with Crippen LogP contribution < -0.4 is 0 Å². The lowest BCUT2D eigenvalue weighted by atomic mass is 9.98. The molecule has 0 saturated carbocycles. The van der Waals surface area contributed by atoms with Gasteiger partial charge in [-0.05, 0) is 46.1 Å². The number of aryl methyl sites for hydroxylation is 1. The van der Waals surface area contributed by atoms with Crippen LogP contribution in [0.2, 0.25) is 0 Å².